The quantitative estimate of drug-likeness (QED) is 0.728. The van der Waals surface area contributed by atoms with E-state index in [-0.39, 0.29) is 0 Å². The Balaban J connectivity index is 1.58. The highest BCUT2D eigenvalue weighted by Crippen LogP contribution is 2.39. The molecular weight excluding hydrogens is 258 g/mol. The van der Waals surface area contributed by atoms with Gasteiger partial charge in [0.2, 0.25) is 0 Å². The maximum atomic E-state index is 6.22. The van der Waals surface area contributed by atoms with Gasteiger partial charge in [0.1, 0.15) is 0 Å². The average Bonchev–Trinajstić information content (AvgIpc) is 2.37. The predicted octanol–water partition coefficient (Wildman–Crippen LogP) is 3.99. The van der Waals surface area contributed by atoms with Crippen molar-refractivity contribution >= 4 is 11.6 Å². The standard InChI is InChI=1S/C16H24ClNO/c1-19-10-6-2-5-9-18-14-11-13(12-14)15-7-3-4-8-16(15)17/h3-4,7-8,13-14,18H,2,5-6,9-12H2,1H3. The van der Waals surface area contributed by atoms with Crippen molar-refractivity contribution in [2.24, 2.45) is 0 Å². The molecule has 3 heteroatoms. The Kier molecular flexibility index (Phi) is 6.15. The third kappa shape index (κ3) is 4.48. The zero-order chi connectivity index (χ0) is 13.5. The van der Waals surface area contributed by atoms with E-state index in [9.17, 15) is 0 Å². The molecule has 19 heavy (non-hydrogen) atoms. The van der Waals surface area contributed by atoms with Gasteiger partial charge in [0.15, 0.2) is 0 Å². The summed E-state index contributed by atoms with van der Waals surface area (Å²) in [6.07, 6.45) is 6.12. The molecule has 0 radical (unpaired) electrons. The maximum absolute atomic E-state index is 6.22. The molecule has 1 aliphatic rings. The van der Waals surface area contributed by atoms with Gasteiger partial charge in [-0.05, 0) is 56.2 Å². The predicted molar refractivity (Wildman–Crippen MR) is 80.9 cm³/mol. The molecule has 106 valence electrons. The summed E-state index contributed by atoms with van der Waals surface area (Å²) in [6.45, 7) is 2.02. The number of unbranched alkanes of at least 4 members (excludes halogenated alkanes) is 2. The molecule has 0 aliphatic heterocycles. The van der Waals surface area contributed by atoms with E-state index in [1.54, 1.807) is 7.11 Å². The van der Waals surface area contributed by atoms with Crippen LogP contribution in [-0.2, 0) is 4.74 Å². The first-order chi connectivity index (χ1) is 9.31. The summed E-state index contributed by atoms with van der Waals surface area (Å²) in [5.74, 6) is 0.652. The minimum Gasteiger partial charge on any atom is -0.385 e. The molecule has 0 amide bonds. The van der Waals surface area contributed by atoms with Crippen LogP contribution < -0.4 is 5.32 Å². The number of methoxy groups -OCH3 is 1. The van der Waals surface area contributed by atoms with Crippen molar-refractivity contribution in [3.05, 3.63) is 34.9 Å². The van der Waals surface area contributed by atoms with Crippen molar-refractivity contribution in [3.63, 3.8) is 0 Å². The first-order valence-electron chi connectivity index (χ1n) is 7.28. The monoisotopic (exact) mass is 281 g/mol. The molecule has 1 aromatic carbocycles. The van der Waals surface area contributed by atoms with Crippen LogP contribution in [-0.4, -0.2) is 26.3 Å². The summed E-state index contributed by atoms with van der Waals surface area (Å²) in [7, 11) is 1.77. The van der Waals surface area contributed by atoms with Crippen molar-refractivity contribution in [1.82, 2.24) is 5.32 Å². The Morgan fingerprint density at radius 3 is 2.74 bits per heavy atom. The minimum absolute atomic E-state index is 0.652. The third-order valence-corrected chi connectivity index (χ3v) is 4.29. The van der Waals surface area contributed by atoms with E-state index in [2.05, 4.69) is 17.4 Å². The van der Waals surface area contributed by atoms with Gasteiger partial charge in [-0.25, -0.2) is 0 Å². The van der Waals surface area contributed by atoms with Gasteiger partial charge in [0.05, 0.1) is 0 Å². The Labute approximate surface area is 121 Å². The molecular formula is C16H24ClNO. The van der Waals surface area contributed by atoms with Crippen LogP contribution in [0, 0.1) is 0 Å². The first-order valence-corrected chi connectivity index (χ1v) is 7.66. The van der Waals surface area contributed by atoms with E-state index in [0.717, 1.165) is 18.2 Å². The number of benzene rings is 1. The third-order valence-electron chi connectivity index (χ3n) is 3.94. The SMILES string of the molecule is COCCCCCNC1CC(c2ccccc2Cl)C1. The smallest absolute Gasteiger partial charge is 0.0462 e. The van der Waals surface area contributed by atoms with Gasteiger partial charge in [0.25, 0.3) is 0 Å². The summed E-state index contributed by atoms with van der Waals surface area (Å²) < 4.78 is 5.04. The zero-order valence-electron chi connectivity index (χ0n) is 11.7. The summed E-state index contributed by atoms with van der Waals surface area (Å²) in [5, 5.41) is 4.55. The van der Waals surface area contributed by atoms with Crippen LogP contribution in [0.3, 0.4) is 0 Å². The largest absolute Gasteiger partial charge is 0.385 e. The summed E-state index contributed by atoms with van der Waals surface area (Å²) in [4.78, 5) is 0. The van der Waals surface area contributed by atoms with Gasteiger partial charge in [-0.3, -0.25) is 0 Å². The van der Waals surface area contributed by atoms with Crippen LogP contribution in [0.4, 0.5) is 0 Å². The Bertz CT molecular complexity index is 377. The number of nitrogens with one attached hydrogen (secondary N) is 1. The van der Waals surface area contributed by atoms with Gasteiger partial charge in [-0.15, -0.1) is 0 Å². The molecule has 0 heterocycles. The highest BCUT2D eigenvalue weighted by molar-refractivity contribution is 6.31. The Hall–Kier alpha value is -0.570. The van der Waals surface area contributed by atoms with Crippen molar-refractivity contribution in [1.29, 1.82) is 0 Å². The van der Waals surface area contributed by atoms with Crippen molar-refractivity contribution in [2.75, 3.05) is 20.3 Å². The van der Waals surface area contributed by atoms with Crippen molar-refractivity contribution in [2.45, 2.75) is 44.1 Å². The number of halogens is 1. The summed E-state index contributed by atoms with van der Waals surface area (Å²) >= 11 is 6.22. The van der Waals surface area contributed by atoms with Crippen LogP contribution in [0.5, 0.6) is 0 Å². The van der Waals surface area contributed by atoms with Gasteiger partial charge < -0.3 is 10.1 Å². The summed E-state index contributed by atoms with van der Waals surface area (Å²) in [5.41, 5.74) is 1.32. The summed E-state index contributed by atoms with van der Waals surface area (Å²) in [6, 6.07) is 8.92. The van der Waals surface area contributed by atoms with Crippen molar-refractivity contribution < 1.29 is 4.74 Å². The second kappa shape index (κ2) is 7.88. The lowest BCUT2D eigenvalue weighted by Crippen LogP contribution is -2.40. The molecule has 1 N–H and O–H groups in total. The van der Waals surface area contributed by atoms with Crippen LogP contribution in [0.15, 0.2) is 24.3 Å². The fourth-order valence-electron chi connectivity index (χ4n) is 2.70. The van der Waals surface area contributed by atoms with E-state index in [1.165, 1.54) is 37.7 Å². The van der Waals surface area contributed by atoms with E-state index in [0.29, 0.717) is 12.0 Å². The van der Waals surface area contributed by atoms with Crippen LogP contribution in [0.2, 0.25) is 5.02 Å². The fraction of sp³-hybridized carbons (Fsp3) is 0.625. The van der Waals surface area contributed by atoms with Crippen LogP contribution in [0.1, 0.15) is 43.6 Å². The molecule has 0 bridgehead atoms. The molecule has 1 saturated carbocycles. The molecule has 2 nitrogen and oxygen atoms in total. The Morgan fingerprint density at radius 2 is 2.00 bits per heavy atom. The topological polar surface area (TPSA) is 21.3 Å². The molecule has 1 aromatic rings. The molecule has 0 saturated heterocycles. The number of hydrogen-bond donors (Lipinski definition) is 1. The fourth-order valence-corrected chi connectivity index (χ4v) is 2.99. The second-order valence-electron chi connectivity index (χ2n) is 5.39. The molecule has 0 aromatic heterocycles. The second-order valence-corrected chi connectivity index (χ2v) is 5.80. The molecule has 0 atom stereocenters. The molecule has 0 unspecified atom stereocenters. The number of ether oxygens (including phenoxy) is 1. The maximum Gasteiger partial charge on any atom is 0.0462 e. The lowest BCUT2D eigenvalue weighted by molar-refractivity contribution is 0.191. The molecule has 0 spiro atoms. The highest BCUT2D eigenvalue weighted by atomic mass is 35.5. The Morgan fingerprint density at radius 1 is 1.21 bits per heavy atom. The highest BCUT2D eigenvalue weighted by Gasteiger charge is 2.30. The first kappa shape index (κ1) is 14.8. The lowest BCUT2D eigenvalue weighted by atomic mass is 9.76. The van der Waals surface area contributed by atoms with Crippen LogP contribution in [0.25, 0.3) is 0 Å². The molecule has 1 aliphatic carbocycles. The van der Waals surface area contributed by atoms with E-state index in [1.807, 2.05) is 12.1 Å². The van der Waals surface area contributed by atoms with E-state index >= 15 is 0 Å². The number of hydrogen-bond acceptors (Lipinski definition) is 2. The van der Waals surface area contributed by atoms with Gasteiger partial charge in [-0.2, -0.15) is 0 Å². The van der Waals surface area contributed by atoms with Gasteiger partial charge in [-0.1, -0.05) is 29.8 Å². The number of rotatable bonds is 8. The van der Waals surface area contributed by atoms with E-state index < -0.39 is 0 Å². The van der Waals surface area contributed by atoms with E-state index in [4.69, 9.17) is 16.3 Å². The zero-order valence-corrected chi connectivity index (χ0v) is 12.5. The minimum atomic E-state index is 0.652. The molecule has 1 fully saturated rings. The van der Waals surface area contributed by atoms with Gasteiger partial charge >= 0.3 is 0 Å². The normalized spacial score (nSPS) is 22.2. The van der Waals surface area contributed by atoms with Crippen LogP contribution >= 0.6 is 11.6 Å². The van der Waals surface area contributed by atoms with Crippen molar-refractivity contribution in [3.8, 4) is 0 Å². The lowest BCUT2D eigenvalue weighted by Gasteiger charge is -2.37. The van der Waals surface area contributed by atoms with Gasteiger partial charge in [0, 0.05) is 24.8 Å². The average molecular weight is 282 g/mol. The molecule has 2 rings (SSSR count).